The van der Waals surface area contributed by atoms with Crippen LogP contribution in [-0.4, -0.2) is 13.8 Å². The van der Waals surface area contributed by atoms with Crippen LogP contribution in [0.25, 0.3) is 39.0 Å². The fourth-order valence-electron chi connectivity index (χ4n) is 5.12. The molecule has 170 valence electrons. The largest absolute Gasteiger partial charge is 0.454 e. The third-order valence-corrected chi connectivity index (χ3v) is 8.10. The molecule has 0 fully saturated rings. The van der Waals surface area contributed by atoms with E-state index in [-0.39, 0.29) is 6.79 Å². The van der Waals surface area contributed by atoms with Crippen molar-refractivity contribution in [1.82, 2.24) is 0 Å². The second kappa shape index (κ2) is 7.79. The summed E-state index contributed by atoms with van der Waals surface area (Å²) in [5.41, 5.74) is 5.86. The molecule has 0 bridgehead atoms. The minimum Gasteiger partial charge on any atom is -0.454 e. The molecule has 1 aromatic heterocycles. The zero-order chi connectivity index (χ0) is 23.5. The standard InChI is InChI=1S/C30H23N2O2S/c1-31-24-13-11-19-7-3-4-8-22(19)30(24)21(17-29-32(2)23-9-5-6-10-28(23)35-29)15-25(31)20-12-14-26-27(16-20)34-18-33-26/h3-17H,18H2,1-2H3/q+1. The minimum atomic E-state index is 0.274. The number of thioether (sulfide) groups is 1. The van der Waals surface area contributed by atoms with Crippen LogP contribution in [0.1, 0.15) is 5.56 Å². The second-order valence-corrected chi connectivity index (χ2v) is 9.97. The molecule has 0 radical (unpaired) electrons. The number of benzene rings is 4. The summed E-state index contributed by atoms with van der Waals surface area (Å²) in [6.07, 6.45) is 2.33. The van der Waals surface area contributed by atoms with Gasteiger partial charge in [0.15, 0.2) is 11.5 Å². The van der Waals surface area contributed by atoms with Gasteiger partial charge in [-0.05, 0) is 58.8 Å². The number of ether oxygens (including phenoxy) is 2. The summed E-state index contributed by atoms with van der Waals surface area (Å²) < 4.78 is 13.5. The molecule has 0 saturated carbocycles. The molecule has 5 heteroatoms. The van der Waals surface area contributed by atoms with Crippen molar-refractivity contribution in [3.05, 3.63) is 95.5 Å². The minimum absolute atomic E-state index is 0.274. The average molecular weight is 476 g/mol. The van der Waals surface area contributed by atoms with Crippen LogP contribution >= 0.6 is 11.8 Å². The van der Waals surface area contributed by atoms with Gasteiger partial charge in [0.25, 0.3) is 0 Å². The van der Waals surface area contributed by atoms with Crippen LogP contribution in [0.3, 0.4) is 0 Å². The first-order valence-corrected chi connectivity index (χ1v) is 12.5. The van der Waals surface area contributed by atoms with E-state index in [1.165, 1.54) is 42.9 Å². The Morgan fingerprint density at radius 1 is 0.886 bits per heavy atom. The summed E-state index contributed by atoms with van der Waals surface area (Å²) in [5, 5.41) is 4.97. The lowest BCUT2D eigenvalue weighted by Gasteiger charge is -2.15. The van der Waals surface area contributed by atoms with Gasteiger partial charge in [0.1, 0.15) is 7.05 Å². The molecule has 0 atom stereocenters. The van der Waals surface area contributed by atoms with E-state index in [0.717, 1.165) is 22.8 Å². The van der Waals surface area contributed by atoms with Crippen LogP contribution in [0.2, 0.25) is 0 Å². The Balaban J connectivity index is 1.50. The molecule has 7 rings (SSSR count). The van der Waals surface area contributed by atoms with Gasteiger partial charge in [-0.2, -0.15) is 4.57 Å². The fraction of sp³-hybridized carbons (Fsp3) is 0.100. The Hall–Kier alpha value is -3.96. The van der Waals surface area contributed by atoms with Gasteiger partial charge in [0.2, 0.25) is 18.0 Å². The Kier molecular flexibility index (Phi) is 4.54. The van der Waals surface area contributed by atoms with Crippen molar-refractivity contribution < 1.29 is 14.0 Å². The normalized spacial score (nSPS) is 15.4. The van der Waals surface area contributed by atoms with Gasteiger partial charge >= 0.3 is 0 Å². The van der Waals surface area contributed by atoms with E-state index in [9.17, 15) is 0 Å². The van der Waals surface area contributed by atoms with E-state index in [1.807, 2.05) is 17.8 Å². The van der Waals surface area contributed by atoms with E-state index in [1.54, 1.807) is 0 Å². The highest BCUT2D eigenvalue weighted by Gasteiger charge is 2.25. The average Bonchev–Trinajstić information content (AvgIpc) is 3.49. The van der Waals surface area contributed by atoms with Gasteiger partial charge in [-0.1, -0.05) is 48.2 Å². The van der Waals surface area contributed by atoms with Crippen molar-refractivity contribution in [1.29, 1.82) is 0 Å². The summed E-state index contributed by atoms with van der Waals surface area (Å²) in [6, 6.07) is 30.1. The molecule has 0 amide bonds. The summed E-state index contributed by atoms with van der Waals surface area (Å²) in [4.78, 5) is 3.57. The van der Waals surface area contributed by atoms with E-state index in [0.29, 0.717) is 0 Å². The van der Waals surface area contributed by atoms with Crippen LogP contribution in [0.4, 0.5) is 5.69 Å². The van der Waals surface area contributed by atoms with Gasteiger partial charge < -0.3 is 14.4 Å². The van der Waals surface area contributed by atoms with E-state index >= 15 is 0 Å². The third kappa shape index (κ3) is 3.19. The third-order valence-electron chi connectivity index (χ3n) is 6.93. The van der Waals surface area contributed by atoms with Gasteiger partial charge in [-0.25, -0.2) is 0 Å². The summed E-state index contributed by atoms with van der Waals surface area (Å²) in [6.45, 7) is 0.274. The summed E-state index contributed by atoms with van der Waals surface area (Å²) in [5.74, 6) is 1.59. The lowest BCUT2D eigenvalue weighted by molar-refractivity contribution is -0.633. The molecule has 4 nitrogen and oxygen atoms in total. The lowest BCUT2D eigenvalue weighted by Crippen LogP contribution is -2.32. The predicted molar refractivity (Wildman–Crippen MR) is 143 cm³/mol. The van der Waals surface area contributed by atoms with Crippen LogP contribution in [0.5, 0.6) is 11.5 Å². The molecule has 0 aliphatic carbocycles. The van der Waals surface area contributed by atoms with Crippen LogP contribution in [-0.2, 0) is 7.05 Å². The molecule has 2 aliphatic heterocycles. The molecular weight excluding hydrogens is 452 g/mol. The van der Waals surface area contributed by atoms with E-state index in [4.69, 9.17) is 9.47 Å². The number of pyridine rings is 1. The second-order valence-electron chi connectivity index (χ2n) is 8.90. The van der Waals surface area contributed by atoms with Crippen molar-refractivity contribution in [3.63, 3.8) is 0 Å². The molecule has 4 aromatic carbocycles. The zero-order valence-corrected chi connectivity index (χ0v) is 20.3. The molecule has 3 heterocycles. The molecule has 35 heavy (non-hydrogen) atoms. The molecule has 0 N–H and O–H groups in total. The number of hydrogen-bond donors (Lipinski definition) is 0. The topological polar surface area (TPSA) is 25.6 Å². The van der Waals surface area contributed by atoms with Crippen LogP contribution in [0.15, 0.2) is 94.9 Å². The number of aromatic nitrogens is 1. The highest BCUT2D eigenvalue weighted by molar-refractivity contribution is 8.03. The van der Waals surface area contributed by atoms with Crippen molar-refractivity contribution >= 4 is 45.2 Å². The number of aryl methyl sites for hydroxylation is 1. The number of fused-ring (bicyclic) bond motifs is 5. The molecule has 0 unspecified atom stereocenters. The number of para-hydroxylation sites is 1. The van der Waals surface area contributed by atoms with Crippen LogP contribution < -0.4 is 18.9 Å². The summed E-state index contributed by atoms with van der Waals surface area (Å²) in [7, 11) is 4.28. The number of nitrogens with zero attached hydrogens (tertiary/aromatic N) is 2. The number of hydrogen-bond acceptors (Lipinski definition) is 4. The summed E-state index contributed by atoms with van der Waals surface area (Å²) >= 11 is 1.82. The fourth-order valence-corrected chi connectivity index (χ4v) is 6.22. The Labute approximate surface area is 208 Å². The SMILES string of the molecule is CN1C(=Cc2cc(-c3ccc4c(c3)OCO4)[n+](C)c3ccc4ccccc4c23)Sc2ccccc21. The molecular formula is C30H23N2O2S+. The maximum Gasteiger partial charge on any atom is 0.231 e. The van der Waals surface area contributed by atoms with Crippen molar-refractivity contribution in [3.8, 4) is 22.8 Å². The van der Waals surface area contributed by atoms with E-state index in [2.05, 4.69) is 109 Å². The highest BCUT2D eigenvalue weighted by Crippen LogP contribution is 2.46. The number of rotatable bonds is 2. The Morgan fingerprint density at radius 2 is 1.71 bits per heavy atom. The number of anilines is 1. The Bertz CT molecular complexity index is 1690. The van der Waals surface area contributed by atoms with Gasteiger partial charge in [0.05, 0.1) is 21.7 Å². The molecule has 5 aromatic rings. The quantitative estimate of drug-likeness (QED) is 0.208. The smallest absolute Gasteiger partial charge is 0.231 e. The predicted octanol–water partition coefficient (Wildman–Crippen LogP) is 6.75. The monoisotopic (exact) mass is 475 g/mol. The first-order chi connectivity index (χ1) is 17.2. The molecule has 0 saturated heterocycles. The van der Waals surface area contributed by atoms with Gasteiger partial charge in [0, 0.05) is 24.1 Å². The molecule has 2 aliphatic rings. The van der Waals surface area contributed by atoms with E-state index < -0.39 is 0 Å². The first kappa shape index (κ1) is 20.4. The maximum atomic E-state index is 5.68. The van der Waals surface area contributed by atoms with Crippen LogP contribution in [0, 0.1) is 0 Å². The highest BCUT2D eigenvalue weighted by atomic mass is 32.2. The molecule has 0 spiro atoms. The maximum absolute atomic E-state index is 5.68. The van der Waals surface area contributed by atoms with Gasteiger partial charge in [-0.3, -0.25) is 0 Å². The zero-order valence-electron chi connectivity index (χ0n) is 19.5. The lowest BCUT2D eigenvalue weighted by atomic mass is 9.98. The van der Waals surface area contributed by atoms with Crippen molar-refractivity contribution in [2.45, 2.75) is 4.90 Å². The van der Waals surface area contributed by atoms with Gasteiger partial charge in [-0.15, -0.1) is 0 Å². The Morgan fingerprint density at radius 3 is 2.63 bits per heavy atom. The van der Waals surface area contributed by atoms with Crippen molar-refractivity contribution in [2.24, 2.45) is 7.05 Å². The van der Waals surface area contributed by atoms with Crippen molar-refractivity contribution in [2.75, 3.05) is 18.7 Å². The first-order valence-electron chi connectivity index (χ1n) is 11.6.